The van der Waals surface area contributed by atoms with Gasteiger partial charge in [-0.25, -0.2) is 9.45 Å². The van der Waals surface area contributed by atoms with Crippen LogP contribution in [0.5, 0.6) is 0 Å². The number of unbranched alkanes of at least 4 members (excludes halogenated alkanes) is 5. The van der Waals surface area contributed by atoms with Crippen LogP contribution in [0.2, 0.25) is 0 Å². The molecule has 2 rings (SSSR count). The Bertz CT molecular complexity index is 740. The van der Waals surface area contributed by atoms with E-state index in [0.717, 1.165) is 44.3 Å². The summed E-state index contributed by atoms with van der Waals surface area (Å²) in [6.45, 7) is 6.12. The second-order valence-electron chi connectivity index (χ2n) is 7.97. The van der Waals surface area contributed by atoms with Crippen molar-refractivity contribution in [3.8, 4) is 0 Å². The SMILES string of the molecule is CC(C)CNC(=O)C=CC(F)=CCCCCCCCON1CC=Cc2ccccc21. The van der Waals surface area contributed by atoms with Gasteiger partial charge in [0, 0.05) is 12.6 Å². The number of anilines is 1. The van der Waals surface area contributed by atoms with Crippen LogP contribution < -0.4 is 10.4 Å². The Morgan fingerprint density at radius 2 is 1.93 bits per heavy atom. The van der Waals surface area contributed by atoms with E-state index < -0.39 is 0 Å². The minimum atomic E-state index is -0.348. The van der Waals surface area contributed by atoms with Crippen LogP contribution in [0.3, 0.4) is 0 Å². The Morgan fingerprint density at radius 3 is 2.77 bits per heavy atom. The van der Waals surface area contributed by atoms with Crippen LogP contribution in [0, 0.1) is 5.92 Å². The van der Waals surface area contributed by atoms with E-state index in [1.807, 2.05) is 31.0 Å². The molecule has 1 aromatic carbocycles. The second-order valence-corrected chi connectivity index (χ2v) is 7.97. The zero-order valence-corrected chi connectivity index (χ0v) is 18.3. The van der Waals surface area contributed by atoms with Gasteiger partial charge in [-0.2, -0.15) is 0 Å². The standard InChI is InChI=1S/C25H35FN2O2/c1-21(2)20-27-25(29)17-16-23(26)14-7-5-3-4-6-10-19-30-28-18-11-13-22-12-8-9-15-24(22)28/h8-9,11-17,21H,3-7,10,18-20H2,1-2H3,(H,27,29). The molecule has 0 bridgehead atoms. The maximum atomic E-state index is 13.7. The monoisotopic (exact) mass is 414 g/mol. The molecule has 0 saturated carbocycles. The van der Waals surface area contributed by atoms with Gasteiger partial charge in [0.2, 0.25) is 5.91 Å². The van der Waals surface area contributed by atoms with Crippen LogP contribution in [-0.2, 0) is 9.63 Å². The van der Waals surface area contributed by atoms with Crippen LogP contribution in [0.1, 0.15) is 57.9 Å². The summed E-state index contributed by atoms with van der Waals surface area (Å²) in [4.78, 5) is 17.4. The van der Waals surface area contributed by atoms with Crippen LogP contribution in [0.25, 0.3) is 6.08 Å². The van der Waals surface area contributed by atoms with Gasteiger partial charge in [0.1, 0.15) is 5.83 Å². The zero-order chi connectivity index (χ0) is 21.6. The van der Waals surface area contributed by atoms with Gasteiger partial charge in [0.25, 0.3) is 0 Å². The number of hydroxylamine groups is 1. The largest absolute Gasteiger partial charge is 0.352 e. The number of nitrogens with zero attached hydrogens (tertiary/aromatic N) is 1. The molecule has 4 nitrogen and oxygen atoms in total. The Hall–Kier alpha value is -2.40. The van der Waals surface area contributed by atoms with E-state index in [9.17, 15) is 9.18 Å². The number of para-hydroxylation sites is 1. The van der Waals surface area contributed by atoms with Crippen LogP contribution in [-0.4, -0.2) is 25.6 Å². The molecule has 30 heavy (non-hydrogen) atoms. The second kappa shape index (κ2) is 13.8. The van der Waals surface area contributed by atoms with Gasteiger partial charge in [0.05, 0.1) is 18.8 Å². The lowest BCUT2D eigenvalue weighted by Gasteiger charge is -2.27. The number of fused-ring (bicyclic) bond motifs is 1. The quantitative estimate of drug-likeness (QED) is 0.245. The van der Waals surface area contributed by atoms with Crippen molar-refractivity contribution in [1.82, 2.24) is 5.32 Å². The summed E-state index contributed by atoms with van der Waals surface area (Å²) in [6, 6.07) is 8.24. The van der Waals surface area contributed by atoms with E-state index in [0.29, 0.717) is 25.5 Å². The highest BCUT2D eigenvalue weighted by molar-refractivity contribution is 5.87. The van der Waals surface area contributed by atoms with Crippen molar-refractivity contribution >= 4 is 17.7 Å². The fourth-order valence-electron chi connectivity index (χ4n) is 3.13. The van der Waals surface area contributed by atoms with Gasteiger partial charge < -0.3 is 5.32 Å². The maximum Gasteiger partial charge on any atom is 0.244 e. The van der Waals surface area contributed by atoms with Crippen molar-refractivity contribution < 1.29 is 14.0 Å². The number of hydrogen-bond donors (Lipinski definition) is 1. The van der Waals surface area contributed by atoms with Gasteiger partial charge in [-0.1, -0.05) is 63.5 Å². The number of nitrogens with one attached hydrogen (secondary N) is 1. The third-order valence-corrected chi connectivity index (χ3v) is 4.79. The lowest BCUT2D eigenvalue weighted by molar-refractivity contribution is -0.116. The number of carbonyl (C=O) groups excluding carboxylic acids is 1. The third-order valence-electron chi connectivity index (χ3n) is 4.79. The molecule has 0 aliphatic carbocycles. The van der Waals surface area contributed by atoms with E-state index in [2.05, 4.69) is 29.6 Å². The molecule has 1 heterocycles. The predicted molar refractivity (Wildman–Crippen MR) is 123 cm³/mol. The number of rotatable bonds is 13. The first-order valence-electron chi connectivity index (χ1n) is 11.0. The average Bonchev–Trinajstić information content (AvgIpc) is 2.75. The average molecular weight is 415 g/mol. The van der Waals surface area contributed by atoms with Gasteiger partial charge in [0.15, 0.2) is 0 Å². The first kappa shape index (κ1) is 23.9. The highest BCUT2D eigenvalue weighted by atomic mass is 19.1. The molecule has 0 aromatic heterocycles. The Morgan fingerprint density at radius 1 is 1.17 bits per heavy atom. The molecule has 1 N–H and O–H groups in total. The van der Waals surface area contributed by atoms with Crippen LogP contribution >= 0.6 is 0 Å². The minimum Gasteiger partial charge on any atom is -0.352 e. The lowest BCUT2D eigenvalue weighted by Crippen LogP contribution is -2.26. The first-order chi connectivity index (χ1) is 14.6. The van der Waals surface area contributed by atoms with Crippen molar-refractivity contribution in [2.75, 3.05) is 24.8 Å². The molecule has 1 aromatic rings. The summed E-state index contributed by atoms with van der Waals surface area (Å²) in [5.41, 5.74) is 2.32. The minimum absolute atomic E-state index is 0.251. The molecule has 1 aliphatic rings. The Kier molecular flexibility index (Phi) is 10.9. The number of allylic oxidation sites excluding steroid dienone is 3. The molecule has 0 fully saturated rings. The molecule has 164 valence electrons. The molecule has 0 atom stereocenters. The number of hydrogen-bond acceptors (Lipinski definition) is 3. The fourth-order valence-corrected chi connectivity index (χ4v) is 3.13. The summed E-state index contributed by atoms with van der Waals surface area (Å²) in [5.74, 6) is -0.217. The first-order valence-corrected chi connectivity index (χ1v) is 11.0. The Labute approximate surface area is 180 Å². The van der Waals surface area contributed by atoms with Crippen LogP contribution in [0.4, 0.5) is 10.1 Å². The molecule has 1 aliphatic heterocycles. The number of amides is 1. The number of carbonyl (C=O) groups is 1. The van der Waals surface area contributed by atoms with Gasteiger partial charge in [-0.15, -0.1) is 0 Å². The van der Waals surface area contributed by atoms with E-state index in [4.69, 9.17) is 4.84 Å². The van der Waals surface area contributed by atoms with Crippen molar-refractivity contribution in [2.45, 2.75) is 52.4 Å². The fraction of sp³-hybridized carbons (Fsp3) is 0.480. The van der Waals surface area contributed by atoms with Gasteiger partial charge >= 0.3 is 0 Å². The molecule has 1 amide bonds. The molecular weight excluding hydrogens is 379 g/mol. The molecular formula is C25H35FN2O2. The van der Waals surface area contributed by atoms with E-state index in [-0.39, 0.29) is 11.7 Å². The number of benzene rings is 1. The summed E-state index contributed by atoms with van der Waals surface area (Å²) >= 11 is 0. The highest BCUT2D eigenvalue weighted by Gasteiger charge is 2.12. The topological polar surface area (TPSA) is 41.6 Å². The summed E-state index contributed by atoms with van der Waals surface area (Å²) in [7, 11) is 0. The number of halogens is 1. The van der Waals surface area contributed by atoms with Gasteiger partial charge in [-0.3, -0.25) is 9.63 Å². The van der Waals surface area contributed by atoms with E-state index in [1.165, 1.54) is 17.7 Å². The van der Waals surface area contributed by atoms with Crippen molar-refractivity contribution in [1.29, 1.82) is 0 Å². The lowest BCUT2D eigenvalue weighted by atomic mass is 10.1. The zero-order valence-electron chi connectivity index (χ0n) is 18.3. The van der Waals surface area contributed by atoms with E-state index >= 15 is 0 Å². The van der Waals surface area contributed by atoms with Crippen LogP contribution in [0.15, 0.2) is 54.4 Å². The molecule has 5 heteroatoms. The summed E-state index contributed by atoms with van der Waals surface area (Å²) < 4.78 is 13.7. The normalized spacial score (nSPS) is 13.9. The summed E-state index contributed by atoms with van der Waals surface area (Å²) in [5, 5.41) is 4.69. The smallest absolute Gasteiger partial charge is 0.244 e. The Balaban J connectivity index is 1.50. The molecule has 0 spiro atoms. The van der Waals surface area contributed by atoms with Crippen molar-refractivity contribution in [3.05, 3.63) is 60.0 Å². The van der Waals surface area contributed by atoms with Gasteiger partial charge in [-0.05, 0) is 49.0 Å². The van der Waals surface area contributed by atoms with E-state index in [1.54, 1.807) is 6.08 Å². The molecule has 0 saturated heterocycles. The highest BCUT2D eigenvalue weighted by Crippen LogP contribution is 2.25. The maximum absolute atomic E-state index is 13.7. The molecule has 0 unspecified atom stereocenters. The third kappa shape index (κ3) is 9.40. The van der Waals surface area contributed by atoms with Crippen molar-refractivity contribution in [3.63, 3.8) is 0 Å². The predicted octanol–water partition coefficient (Wildman–Crippen LogP) is 5.97. The molecule has 0 radical (unpaired) electrons. The van der Waals surface area contributed by atoms with Crippen molar-refractivity contribution in [2.24, 2.45) is 5.92 Å². The summed E-state index contributed by atoms with van der Waals surface area (Å²) in [6.07, 6.45) is 14.2.